The maximum Gasteiger partial charge on any atom is 0.251 e. The minimum atomic E-state index is -0.569. The van der Waals surface area contributed by atoms with E-state index in [1.807, 2.05) is 13.8 Å². The molecule has 0 radical (unpaired) electrons. The second-order valence-electron chi connectivity index (χ2n) is 5.51. The van der Waals surface area contributed by atoms with Gasteiger partial charge in [-0.3, -0.25) is 4.79 Å². The molecule has 1 aliphatic rings. The highest BCUT2D eigenvalue weighted by Gasteiger charge is 2.29. The fraction of sp³-hybridized carbons (Fsp3) is 0.500. The molecule has 1 aromatic rings. The first-order chi connectivity index (χ1) is 8.87. The van der Waals surface area contributed by atoms with E-state index in [2.05, 4.69) is 5.32 Å². The van der Waals surface area contributed by atoms with Crippen LogP contribution in [-0.4, -0.2) is 24.2 Å². The van der Waals surface area contributed by atoms with Crippen LogP contribution in [-0.2, 0) is 4.74 Å². The average molecular weight is 266 g/mol. The lowest BCUT2D eigenvalue weighted by atomic mass is 9.94. The Bertz CT molecular complexity index is 488. The van der Waals surface area contributed by atoms with Crippen LogP contribution >= 0.6 is 0 Å². The zero-order valence-electron chi connectivity index (χ0n) is 11.2. The second kappa shape index (κ2) is 5.17. The van der Waals surface area contributed by atoms with Gasteiger partial charge in [0.15, 0.2) is 0 Å². The molecule has 3 N–H and O–H groups in total. The summed E-state index contributed by atoms with van der Waals surface area (Å²) in [6, 6.07) is 4.14. The zero-order chi connectivity index (χ0) is 14.0. The molecule has 1 aliphatic heterocycles. The quantitative estimate of drug-likeness (QED) is 0.806. The van der Waals surface area contributed by atoms with Crippen molar-refractivity contribution in [2.24, 2.45) is 0 Å². The standard InChI is InChI=1S/C14H19FN2O2/c1-14(2)8-10(5-6-19-14)17-13(18)9-3-4-12(16)11(15)7-9/h3-4,7,10H,5-6,8,16H2,1-2H3,(H,17,18). The molecule has 2 rings (SSSR count). The summed E-state index contributed by atoms with van der Waals surface area (Å²) in [6.07, 6.45) is 1.52. The van der Waals surface area contributed by atoms with E-state index in [1.54, 1.807) is 0 Å². The molecule has 1 aromatic carbocycles. The number of carbonyl (C=O) groups is 1. The lowest BCUT2D eigenvalue weighted by Gasteiger charge is -2.35. The summed E-state index contributed by atoms with van der Waals surface area (Å²) in [7, 11) is 0. The Balaban J connectivity index is 2.02. The van der Waals surface area contributed by atoms with Crippen molar-refractivity contribution in [2.75, 3.05) is 12.3 Å². The van der Waals surface area contributed by atoms with Gasteiger partial charge in [-0.15, -0.1) is 0 Å². The van der Waals surface area contributed by atoms with Crippen LogP contribution in [0.1, 0.15) is 37.0 Å². The highest BCUT2D eigenvalue weighted by atomic mass is 19.1. The second-order valence-corrected chi connectivity index (χ2v) is 5.51. The largest absolute Gasteiger partial charge is 0.396 e. The predicted molar refractivity (Wildman–Crippen MR) is 71.3 cm³/mol. The molecule has 0 bridgehead atoms. The summed E-state index contributed by atoms with van der Waals surface area (Å²) >= 11 is 0. The molecule has 0 spiro atoms. The molecule has 1 unspecified atom stereocenters. The topological polar surface area (TPSA) is 64.4 Å². The van der Waals surface area contributed by atoms with Crippen molar-refractivity contribution in [3.63, 3.8) is 0 Å². The lowest BCUT2D eigenvalue weighted by Crippen LogP contribution is -2.45. The van der Waals surface area contributed by atoms with Crippen LogP contribution in [0.25, 0.3) is 0 Å². The summed E-state index contributed by atoms with van der Waals surface area (Å²) in [4.78, 5) is 12.0. The van der Waals surface area contributed by atoms with Crippen molar-refractivity contribution >= 4 is 11.6 Å². The van der Waals surface area contributed by atoms with Crippen LogP contribution in [0.4, 0.5) is 10.1 Å². The first kappa shape index (κ1) is 13.8. The van der Waals surface area contributed by atoms with Gasteiger partial charge >= 0.3 is 0 Å². The number of amides is 1. The van der Waals surface area contributed by atoms with Gasteiger partial charge in [0, 0.05) is 18.2 Å². The molecule has 104 valence electrons. The minimum Gasteiger partial charge on any atom is -0.396 e. The van der Waals surface area contributed by atoms with Gasteiger partial charge in [0.2, 0.25) is 0 Å². The van der Waals surface area contributed by atoms with E-state index < -0.39 is 5.82 Å². The number of nitrogens with one attached hydrogen (secondary N) is 1. The lowest BCUT2D eigenvalue weighted by molar-refractivity contribution is -0.0615. The van der Waals surface area contributed by atoms with E-state index in [0.717, 1.165) is 18.9 Å². The molecule has 5 heteroatoms. The van der Waals surface area contributed by atoms with Crippen molar-refractivity contribution in [1.29, 1.82) is 0 Å². The number of rotatable bonds is 2. The van der Waals surface area contributed by atoms with Gasteiger partial charge < -0.3 is 15.8 Å². The Labute approximate surface area is 112 Å². The summed E-state index contributed by atoms with van der Waals surface area (Å²) in [6.45, 7) is 4.61. The molecule has 0 aliphatic carbocycles. The first-order valence-electron chi connectivity index (χ1n) is 6.37. The van der Waals surface area contributed by atoms with E-state index in [1.165, 1.54) is 12.1 Å². The average Bonchev–Trinajstić information content (AvgIpc) is 2.31. The molecule has 1 amide bonds. The third-order valence-electron chi connectivity index (χ3n) is 3.29. The molecule has 19 heavy (non-hydrogen) atoms. The van der Waals surface area contributed by atoms with Crippen molar-refractivity contribution in [3.8, 4) is 0 Å². The predicted octanol–water partition coefficient (Wildman–Crippen LogP) is 2.10. The number of anilines is 1. The van der Waals surface area contributed by atoms with Gasteiger partial charge in [0.1, 0.15) is 5.82 Å². The third-order valence-corrected chi connectivity index (χ3v) is 3.29. The number of nitrogens with two attached hydrogens (primary N) is 1. The molecule has 1 atom stereocenters. The van der Waals surface area contributed by atoms with Crippen molar-refractivity contribution in [3.05, 3.63) is 29.6 Å². The number of nitrogen functional groups attached to an aromatic ring is 1. The third kappa shape index (κ3) is 3.44. The van der Waals surface area contributed by atoms with E-state index in [9.17, 15) is 9.18 Å². The monoisotopic (exact) mass is 266 g/mol. The Morgan fingerprint density at radius 2 is 2.26 bits per heavy atom. The van der Waals surface area contributed by atoms with Gasteiger partial charge in [-0.05, 0) is 44.9 Å². The zero-order valence-corrected chi connectivity index (χ0v) is 11.2. The molecule has 1 saturated heterocycles. The normalized spacial score (nSPS) is 21.9. The summed E-state index contributed by atoms with van der Waals surface area (Å²) in [5.74, 6) is -0.846. The van der Waals surface area contributed by atoms with Gasteiger partial charge in [-0.25, -0.2) is 4.39 Å². The number of carbonyl (C=O) groups excluding carboxylic acids is 1. The van der Waals surface area contributed by atoms with Crippen LogP contribution < -0.4 is 11.1 Å². The highest BCUT2D eigenvalue weighted by Crippen LogP contribution is 2.24. The SMILES string of the molecule is CC1(C)CC(NC(=O)c2ccc(N)c(F)c2)CCO1. The summed E-state index contributed by atoms with van der Waals surface area (Å²) < 4.78 is 18.9. The van der Waals surface area contributed by atoms with Gasteiger partial charge in [-0.2, -0.15) is 0 Å². The summed E-state index contributed by atoms with van der Waals surface area (Å²) in [5.41, 5.74) is 5.48. The van der Waals surface area contributed by atoms with Gasteiger partial charge in [0.25, 0.3) is 5.91 Å². The van der Waals surface area contributed by atoms with Crippen molar-refractivity contribution < 1.29 is 13.9 Å². The number of hydrogen-bond acceptors (Lipinski definition) is 3. The van der Waals surface area contributed by atoms with Gasteiger partial charge in [-0.1, -0.05) is 0 Å². The number of hydrogen-bond donors (Lipinski definition) is 2. The van der Waals surface area contributed by atoms with E-state index in [4.69, 9.17) is 10.5 Å². The number of benzene rings is 1. The molecular formula is C14H19FN2O2. The smallest absolute Gasteiger partial charge is 0.251 e. The molecule has 0 aromatic heterocycles. The number of halogens is 1. The van der Waals surface area contributed by atoms with Crippen LogP contribution in [0.2, 0.25) is 0 Å². The Hall–Kier alpha value is -1.62. The maximum atomic E-state index is 13.3. The molecule has 1 heterocycles. The fourth-order valence-electron chi connectivity index (χ4n) is 2.29. The minimum absolute atomic E-state index is 0.0451. The molecule has 4 nitrogen and oxygen atoms in total. The number of ether oxygens (including phenoxy) is 1. The Kier molecular flexibility index (Phi) is 3.75. The fourth-order valence-corrected chi connectivity index (χ4v) is 2.29. The maximum absolute atomic E-state index is 13.3. The van der Waals surface area contributed by atoms with Crippen LogP contribution in [0.15, 0.2) is 18.2 Å². The van der Waals surface area contributed by atoms with E-state index in [-0.39, 0.29) is 28.8 Å². The van der Waals surface area contributed by atoms with E-state index >= 15 is 0 Å². The highest BCUT2D eigenvalue weighted by molar-refractivity contribution is 5.94. The molecular weight excluding hydrogens is 247 g/mol. The van der Waals surface area contributed by atoms with Crippen LogP contribution in [0.3, 0.4) is 0 Å². The summed E-state index contributed by atoms with van der Waals surface area (Å²) in [5, 5.41) is 2.91. The van der Waals surface area contributed by atoms with E-state index in [0.29, 0.717) is 6.61 Å². The van der Waals surface area contributed by atoms with Crippen LogP contribution in [0, 0.1) is 5.82 Å². The van der Waals surface area contributed by atoms with Crippen molar-refractivity contribution in [2.45, 2.75) is 38.3 Å². The van der Waals surface area contributed by atoms with Gasteiger partial charge in [0.05, 0.1) is 11.3 Å². The first-order valence-corrected chi connectivity index (χ1v) is 6.37. The Morgan fingerprint density at radius 3 is 2.89 bits per heavy atom. The Morgan fingerprint density at radius 1 is 1.53 bits per heavy atom. The molecule has 1 fully saturated rings. The van der Waals surface area contributed by atoms with Crippen molar-refractivity contribution in [1.82, 2.24) is 5.32 Å². The molecule has 0 saturated carbocycles. The van der Waals surface area contributed by atoms with Crippen LogP contribution in [0.5, 0.6) is 0 Å².